The molecule has 0 saturated carbocycles. The van der Waals surface area contributed by atoms with Crippen LogP contribution in [0.15, 0.2) is 18.3 Å². The first kappa shape index (κ1) is 10.1. The van der Waals surface area contributed by atoms with Gasteiger partial charge < -0.3 is 0 Å². The fourth-order valence-corrected chi connectivity index (χ4v) is 9.43. The van der Waals surface area contributed by atoms with Gasteiger partial charge in [0.15, 0.2) is 0 Å². The molecule has 1 unspecified atom stereocenters. The van der Waals surface area contributed by atoms with Crippen molar-refractivity contribution >= 4 is 20.5 Å². The van der Waals surface area contributed by atoms with E-state index in [4.69, 9.17) is 0 Å². The minimum absolute atomic E-state index is 0.920. The van der Waals surface area contributed by atoms with Crippen LogP contribution in [0.25, 0.3) is 0 Å². The van der Waals surface area contributed by atoms with Crippen LogP contribution in [0, 0.1) is 5.92 Å². The second-order valence-corrected chi connectivity index (χ2v) is 10.9. The van der Waals surface area contributed by atoms with Crippen molar-refractivity contribution in [3.8, 4) is 0 Å². The zero-order valence-electron chi connectivity index (χ0n) is 8.95. The quantitative estimate of drug-likeness (QED) is 0.842. The predicted molar refractivity (Wildman–Crippen MR) is 63.1 cm³/mol. The number of aromatic nitrogens is 1. The zero-order valence-corrected chi connectivity index (χ0v) is 11.5. The number of hydrogen-bond acceptors (Lipinski definition) is 2. The van der Waals surface area contributed by atoms with Gasteiger partial charge in [0.1, 0.15) is 0 Å². The van der Waals surface area contributed by atoms with Crippen LogP contribution in [-0.4, -0.2) is 32.0 Å². The number of pyridine rings is 1. The van der Waals surface area contributed by atoms with Gasteiger partial charge in [0.2, 0.25) is 0 Å². The fourth-order valence-electron chi connectivity index (χ4n) is 2.68. The molecule has 1 aliphatic carbocycles. The van der Waals surface area contributed by atoms with Gasteiger partial charge in [0.25, 0.3) is 0 Å². The minimum atomic E-state index is -0.967. The van der Waals surface area contributed by atoms with Crippen LogP contribution in [0.5, 0.6) is 0 Å². The van der Waals surface area contributed by atoms with E-state index in [1.807, 2.05) is 6.20 Å². The van der Waals surface area contributed by atoms with E-state index < -0.39 is 20.5 Å². The SMILES string of the molecule is c1cnc2c(c1)CC([CH2][Sb]1[CH2]CC[NH]1)C2. The van der Waals surface area contributed by atoms with Crippen LogP contribution in [0.3, 0.4) is 0 Å². The summed E-state index contributed by atoms with van der Waals surface area (Å²) in [5.41, 5.74) is 2.89. The summed E-state index contributed by atoms with van der Waals surface area (Å²) in [6.45, 7) is 1.31. The molecule has 0 radical (unpaired) electrons. The molecule has 0 amide bonds. The standard InChI is InChI=1S/C9H10N.C3H7N.Sb/c1-7-5-8-3-2-4-10-9(8)6-7;1-2-3-4;/h2-4,7H,1,5-6H2;4H,1-3H2;/q;-1;+1. The molecule has 15 heavy (non-hydrogen) atoms. The van der Waals surface area contributed by atoms with Gasteiger partial charge in [-0.3, -0.25) is 0 Å². The van der Waals surface area contributed by atoms with Crippen molar-refractivity contribution in [2.75, 3.05) is 6.54 Å². The molecule has 0 aromatic carbocycles. The number of nitrogens with one attached hydrogen (secondary N) is 1. The van der Waals surface area contributed by atoms with Gasteiger partial charge in [-0.2, -0.15) is 0 Å². The monoisotopic (exact) mass is 310 g/mol. The van der Waals surface area contributed by atoms with Gasteiger partial charge in [-0.15, -0.1) is 0 Å². The van der Waals surface area contributed by atoms with E-state index in [9.17, 15) is 0 Å². The maximum absolute atomic E-state index is 4.48. The van der Waals surface area contributed by atoms with Crippen molar-refractivity contribution in [1.82, 2.24) is 8.46 Å². The van der Waals surface area contributed by atoms with Crippen LogP contribution in [-0.2, 0) is 12.8 Å². The Labute approximate surface area is 98.8 Å². The Morgan fingerprint density at radius 3 is 3.27 bits per heavy atom. The molecular weight excluding hydrogens is 294 g/mol. The summed E-state index contributed by atoms with van der Waals surface area (Å²) < 4.78 is 6.86. The van der Waals surface area contributed by atoms with E-state index in [1.165, 1.54) is 41.4 Å². The maximum atomic E-state index is 4.48. The van der Waals surface area contributed by atoms with Gasteiger partial charge in [0.05, 0.1) is 0 Å². The van der Waals surface area contributed by atoms with Gasteiger partial charge in [-0.05, 0) is 0 Å². The van der Waals surface area contributed by atoms with Crippen molar-refractivity contribution in [3.05, 3.63) is 29.6 Å². The van der Waals surface area contributed by atoms with Crippen molar-refractivity contribution in [1.29, 1.82) is 0 Å². The van der Waals surface area contributed by atoms with E-state index in [1.54, 1.807) is 4.37 Å². The average Bonchev–Trinajstić information content (AvgIpc) is 2.86. The van der Waals surface area contributed by atoms with Gasteiger partial charge in [0, 0.05) is 0 Å². The van der Waals surface area contributed by atoms with Crippen molar-refractivity contribution in [2.45, 2.75) is 28.0 Å². The Hall–Kier alpha value is -0.0718. The number of hydrogen-bond donors (Lipinski definition) is 1. The summed E-state index contributed by atoms with van der Waals surface area (Å²) >= 11 is -0.967. The number of rotatable bonds is 2. The molecule has 3 rings (SSSR count). The van der Waals surface area contributed by atoms with Gasteiger partial charge in [-0.25, -0.2) is 0 Å². The van der Waals surface area contributed by atoms with Crippen molar-refractivity contribution < 1.29 is 0 Å². The molecule has 2 nitrogen and oxygen atoms in total. The summed E-state index contributed by atoms with van der Waals surface area (Å²) in [5, 5.41) is 0. The van der Waals surface area contributed by atoms with Gasteiger partial charge in [-0.1, -0.05) is 0 Å². The summed E-state index contributed by atoms with van der Waals surface area (Å²) in [6, 6.07) is 4.34. The first-order chi connectivity index (χ1) is 7.42. The van der Waals surface area contributed by atoms with Crippen LogP contribution in [0.1, 0.15) is 17.7 Å². The van der Waals surface area contributed by atoms with Crippen LogP contribution >= 0.6 is 0 Å². The molecule has 1 aromatic heterocycles. The molecule has 1 N–H and O–H groups in total. The predicted octanol–water partition coefficient (Wildman–Crippen LogP) is 1.78. The number of nitrogens with zero attached hydrogens (tertiary/aromatic N) is 1. The first-order valence-corrected chi connectivity index (χ1v) is 10.7. The van der Waals surface area contributed by atoms with E-state index in [0.29, 0.717) is 0 Å². The molecule has 1 aliphatic heterocycles. The Kier molecular flexibility index (Phi) is 2.98. The Balaban J connectivity index is 1.63. The molecule has 1 fully saturated rings. The molecule has 2 aliphatic rings. The topological polar surface area (TPSA) is 24.9 Å². The molecule has 2 heterocycles. The third kappa shape index (κ3) is 2.21. The Morgan fingerprint density at radius 2 is 2.47 bits per heavy atom. The molecule has 1 aromatic rings. The molecule has 1 atom stereocenters. The summed E-state index contributed by atoms with van der Waals surface area (Å²) in [7, 11) is 0. The number of fused-ring (bicyclic) bond motifs is 1. The Bertz CT molecular complexity index is 322. The van der Waals surface area contributed by atoms with E-state index in [0.717, 1.165) is 5.92 Å². The summed E-state index contributed by atoms with van der Waals surface area (Å²) in [6.07, 6.45) is 5.93. The molecule has 3 heteroatoms. The second kappa shape index (κ2) is 4.43. The Morgan fingerprint density at radius 1 is 1.47 bits per heavy atom. The third-order valence-corrected chi connectivity index (χ3v) is 10.5. The second-order valence-electron chi connectivity index (χ2n) is 4.59. The van der Waals surface area contributed by atoms with Crippen LogP contribution in [0.2, 0.25) is 8.73 Å². The van der Waals surface area contributed by atoms with Crippen molar-refractivity contribution in [2.24, 2.45) is 5.92 Å². The molecule has 0 spiro atoms. The van der Waals surface area contributed by atoms with Crippen LogP contribution < -0.4 is 3.48 Å². The third-order valence-electron chi connectivity index (χ3n) is 3.39. The zero-order chi connectivity index (χ0) is 10.1. The average molecular weight is 311 g/mol. The fraction of sp³-hybridized carbons (Fsp3) is 0.583. The van der Waals surface area contributed by atoms with E-state index in [2.05, 4.69) is 20.6 Å². The first-order valence-electron chi connectivity index (χ1n) is 5.83. The van der Waals surface area contributed by atoms with E-state index in [-0.39, 0.29) is 0 Å². The van der Waals surface area contributed by atoms with Crippen molar-refractivity contribution in [3.63, 3.8) is 0 Å². The summed E-state index contributed by atoms with van der Waals surface area (Å²) in [4.78, 5) is 4.48. The van der Waals surface area contributed by atoms with E-state index >= 15 is 0 Å². The van der Waals surface area contributed by atoms with Crippen LogP contribution in [0.4, 0.5) is 0 Å². The molecule has 0 bridgehead atoms. The normalized spacial score (nSPS) is 25.7. The molecule has 1 saturated heterocycles. The van der Waals surface area contributed by atoms with Gasteiger partial charge >= 0.3 is 99.0 Å². The molecular formula is C12H17N2Sb. The summed E-state index contributed by atoms with van der Waals surface area (Å²) in [5.74, 6) is 0.920. The molecule has 80 valence electrons.